The number of hydrogen-bond acceptors (Lipinski definition) is 2. The molecule has 1 aromatic heterocycles. The van der Waals surface area contributed by atoms with Crippen molar-refractivity contribution in [3.8, 4) is 5.69 Å². The summed E-state index contributed by atoms with van der Waals surface area (Å²) in [6.45, 7) is 4.01. The molecule has 0 aliphatic heterocycles. The number of carboxylic acids is 1. The predicted octanol–water partition coefficient (Wildman–Crippen LogP) is 3.35. The summed E-state index contributed by atoms with van der Waals surface area (Å²) in [6, 6.07) is 6.83. The lowest BCUT2D eigenvalue weighted by Crippen LogP contribution is -2.09. The highest BCUT2D eigenvalue weighted by Gasteiger charge is 2.18. The van der Waals surface area contributed by atoms with Gasteiger partial charge in [0.25, 0.3) is 0 Å². The van der Waals surface area contributed by atoms with Crippen LogP contribution in [0.4, 0.5) is 0 Å². The van der Waals surface area contributed by atoms with E-state index in [0.717, 1.165) is 24.2 Å². The molecule has 0 bridgehead atoms. The molecule has 0 saturated carbocycles. The number of para-hydroxylation sites is 1. The number of rotatable bonds is 4. The lowest BCUT2D eigenvalue weighted by molar-refractivity contribution is 0.0696. The summed E-state index contributed by atoms with van der Waals surface area (Å²) < 4.78 is 1.64. The molecule has 1 N–H and O–H groups in total. The van der Waals surface area contributed by atoms with Gasteiger partial charge in [0, 0.05) is 5.69 Å². The molecule has 0 saturated heterocycles. The maximum absolute atomic E-state index is 11.3. The molecule has 4 nitrogen and oxygen atoms in total. The largest absolute Gasteiger partial charge is 0.478 e. The minimum Gasteiger partial charge on any atom is -0.478 e. The highest BCUT2D eigenvalue weighted by Crippen LogP contribution is 2.26. The lowest BCUT2D eigenvalue weighted by atomic mass is 10.1. The Bertz CT molecular complexity index is 620. The quantitative estimate of drug-likeness (QED) is 0.933. The Morgan fingerprint density at radius 1 is 1.37 bits per heavy atom. The predicted molar refractivity (Wildman–Crippen MR) is 74.3 cm³/mol. The van der Waals surface area contributed by atoms with Crippen molar-refractivity contribution < 1.29 is 9.90 Å². The molecule has 5 heteroatoms. The van der Waals surface area contributed by atoms with E-state index >= 15 is 0 Å². The minimum atomic E-state index is -1.01. The Kier molecular flexibility index (Phi) is 3.90. The first-order valence-corrected chi connectivity index (χ1v) is 6.56. The topological polar surface area (TPSA) is 55.1 Å². The number of benzene rings is 1. The van der Waals surface area contributed by atoms with E-state index in [1.54, 1.807) is 16.8 Å². The molecule has 0 aliphatic carbocycles. The summed E-state index contributed by atoms with van der Waals surface area (Å²) >= 11 is 6.17. The molecule has 0 aliphatic rings. The van der Waals surface area contributed by atoms with Gasteiger partial charge in [-0.05, 0) is 31.0 Å². The summed E-state index contributed by atoms with van der Waals surface area (Å²) in [4.78, 5) is 11.3. The highest BCUT2D eigenvalue weighted by atomic mass is 35.5. The average molecular weight is 279 g/mol. The van der Waals surface area contributed by atoms with E-state index < -0.39 is 5.97 Å². The zero-order valence-electron chi connectivity index (χ0n) is 10.9. The minimum absolute atomic E-state index is 0.160. The first kappa shape index (κ1) is 13.6. The third kappa shape index (κ3) is 2.49. The fraction of sp³-hybridized carbons (Fsp3) is 0.286. The number of hydrogen-bond donors (Lipinski definition) is 1. The number of halogens is 1. The monoisotopic (exact) mass is 278 g/mol. The first-order chi connectivity index (χ1) is 9.08. The summed E-state index contributed by atoms with van der Waals surface area (Å²) in [5.41, 5.74) is 2.47. The van der Waals surface area contributed by atoms with Gasteiger partial charge in [0.1, 0.15) is 0 Å². The smallest absolute Gasteiger partial charge is 0.337 e. The van der Waals surface area contributed by atoms with Crippen molar-refractivity contribution in [2.45, 2.75) is 26.7 Å². The molecule has 0 fully saturated rings. The van der Waals surface area contributed by atoms with Gasteiger partial charge in [-0.1, -0.05) is 31.5 Å². The fourth-order valence-corrected chi connectivity index (χ4v) is 2.25. The molecule has 19 heavy (non-hydrogen) atoms. The zero-order chi connectivity index (χ0) is 14.0. The maximum Gasteiger partial charge on any atom is 0.337 e. The first-order valence-electron chi connectivity index (χ1n) is 6.18. The second kappa shape index (κ2) is 5.45. The van der Waals surface area contributed by atoms with Crippen LogP contribution in [0, 0.1) is 0 Å². The van der Waals surface area contributed by atoms with E-state index in [0.29, 0.717) is 10.7 Å². The number of aryl methyl sites for hydroxylation is 2. The molecular weight excluding hydrogens is 264 g/mol. The molecule has 2 rings (SSSR count). The van der Waals surface area contributed by atoms with E-state index in [1.165, 1.54) is 6.07 Å². The highest BCUT2D eigenvalue weighted by molar-refractivity contribution is 6.33. The van der Waals surface area contributed by atoms with Crippen LogP contribution in [0.25, 0.3) is 5.69 Å². The van der Waals surface area contributed by atoms with E-state index in [2.05, 4.69) is 5.10 Å². The lowest BCUT2D eigenvalue weighted by Gasteiger charge is -2.11. The van der Waals surface area contributed by atoms with E-state index in [9.17, 15) is 9.90 Å². The van der Waals surface area contributed by atoms with Crippen LogP contribution in [0.1, 0.15) is 35.6 Å². The second-order valence-corrected chi connectivity index (χ2v) is 4.59. The number of carboxylic acid groups (broad SMARTS) is 1. The fourth-order valence-electron chi connectivity index (χ4n) is 2.00. The molecule has 2 aromatic rings. The van der Waals surface area contributed by atoms with Crippen molar-refractivity contribution in [1.82, 2.24) is 9.78 Å². The van der Waals surface area contributed by atoms with Gasteiger partial charge in [0.2, 0.25) is 0 Å². The van der Waals surface area contributed by atoms with Gasteiger partial charge in [0.05, 0.1) is 22.0 Å². The standard InChI is InChI=1S/C14H15ClN2O2/c1-3-9-8-10(4-2)17(16-9)13-11(14(18)19)6-5-7-12(13)15/h5-8H,3-4H2,1-2H3,(H,18,19). The summed E-state index contributed by atoms with van der Waals surface area (Å²) in [6.07, 6.45) is 1.56. The number of aromatic carboxylic acids is 1. The van der Waals surface area contributed by atoms with Crippen LogP contribution in [-0.4, -0.2) is 20.9 Å². The third-order valence-corrected chi connectivity index (χ3v) is 3.29. The number of carbonyl (C=O) groups is 1. The molecule has 0 atom stereocenters. The zero-order valence-corrected chi connectivity index (χ0v) is 11.6. The second-order valence-electron chi connectivity index (χ2n) is 4.19. The van der Waals surface area contributed by atoms with Gasteiger partial charge < -0.3 is 5.11 Å². The van der Waals surface area contributed by atoms with Gasteiger partial charge >= 0.3 is 5.97 Å². The molecular formula is C14H15ClN2O2. The van der Waals surface area contributed by atoms with Crippen LogP contribution < -0.4 is 0 Å². The van der Waals surface area contributed by atoms with E-state index in [1.807, 2.05) is 19.9 Å². The molecule has 0 spiro atoms. The van der Waals surface area contributed by atoms with Crippen molar-refractivity contribution in [3.63, 3.8) is 0 Å². The van der Waals surface area contributed by atoms with Gasteiger partial charge in [-0.25, -0.2) is 9.48 Å². The Morgan fingerprint density at radius 2 is 2.11 bits per heavy atom. The molecule has 1 heterocycles. The van der Waals surface area contributed by atoms with Crippen molar-refractivity contribution >= 4 is 17.6 Å². The van der Waals surface area contributed by atoms with Crippen LogP contribution in [-0.2, 0) is 12.8 Å². The van der Waals surface area contributed by atoms with Crippen LogP contribution in [0.5, 0.6) is 0 Å². The Morgan fingerprint density at radius 3 is 2.68 bits per heavy atom. The van der Waals surface area contributed by atoms with Crippen molar-refractivity contribution in [2.24, 2.45) is 0 Å². The summed E-state index contributed by atoms with van der Waals surface area (Å²) in [5, 5.41) is 14.1. The van der Waals surface area contributed by atoms with Crippen molar-refractivity contribution in [3.05, 3.63) is 46.2 Å². The molecule has 1 aromatic carbocycles. The van der Waals surface area contributed by atoms with Crippen LogP contribution in [0.15, 0.2) is 24.3 Å². The van der Waals surface area contributed by atoms with Crippen LogP contribution in [0.2, 0.25) is 5.02 Å². The van der Waals surface area contributed by atoms with E-state index in [4.69, 9.17) is 11.6 Å². The Balaban J connectivity index is 2.70. The molecule has 0 unspecified atom stereocenters. The maximum atomic E-state index is 11.3. The third-order valence-electron chi connectivity index (χ3n) is 2.99. The van der Waals surface area contributed by atoms with Gasteiger partial charge in [-0.2, -0.15) is 5.10 Å². The van der Waals surface area contributed by atoms with Gasteiger partial charge in [-0.3, -0.25) is 0 Å². The summed E-state index contributed by atoms with van der Waals surface area (Å²) in [5.74, 6) is -1.01. The summed E-state index contributed by atoms with van der Waals surface area (Å²) in [7, 11) is 0. The van der Waals surface area contributed by atoms with E-state index in [-0.39, 0.29) is 5.56 Å². The van der Waals surface area contributed by atoms with Crippen molar-refractivity contribution in [2.75, 3.05) is 0 Å². The number of nitrogens with zero attached hydrogens (tertiary/aromatic N) is 2. The van der Waals surface area contributed by atoms with Gasteiger partial charge in [0.15, 0.2) is 0 Å². The molecule has 0 amide bonds. The van der Waals surface area contributed by atoms with Gasteiger partial charge in [-0.15, -0.1) is 0 Å². The van der Waals surface area contributed by atoms with Crippen LogP contribution in [0.3, 0.4) is 0 Å². The molecule has 0 radical (unpaired) electrons. The SMILES string of the molecule is CCc1cc(CC)n(-c2c(Cl)cccc2C(=O)O)n1. The van der Waals surface area contributed by atoms with Crippen LogP contribution >= 0.6 is 11.6 Å². The normalized spacial score (nSPS) is 10.7. The molecule has 100 valence electrons. The van der Waals surface area contributed by atoms with Crippen molar-refractivity contribution in [1.29, 1.82) is 0 Å². The average Bonchev–Trinajstić information content (AvgIpc) is 2.81. The number of aromatic nitrogens is 2. The Labute approximate surface area is 116 Å². The Hall–Kier alpha value is -1.81.